The van der Waals surface area contributed by atoms with Gasteiger partial charge >= 0.3 is 0 Å². The molecule has 0 bridgehead atoms. The van der Waals surface area contributed by atoms with Gasteiger partial charge in [0, 0.05) is 14.7 Å². The van der Waals surface area contributed by atoms with E-state index in [4.69, 9.17) is 0 Å². The standard InChI is InChI=1S/C18H15S/c1-4-10-16(11-5-1)19(17-12-6-2-7-13-17)18-14-8-3-9-15-18/h1-15H. The minimum atomic E-state index is -0.0146. The van der Waals surface area contributed by atoms with E-state index >= 15 is 0 Å². The van der Waals surface area contributed by atoms with Gasteiger partial charge in [0.05, 0.1) is 0 Å². The maximum atomic E-state index is 2.21. The summed E-state index contributed by atoms with van der Waals surface area (Å²) in [5.74, 6) is 0. The lowest BCUT2D eigenvalue weighted by Crippen LogP contribution is -1.87. The van der Waals surface area contributed by atoms with Gasteiger partial charge in [-0.25, -0.2) is 0 Å². The molecular weight excluding hydrogens is 248 g/mol. The minimum absolute atomic E-state index is 0.0146. The molecule has 0 aliphatic rings. The van der Waals surface area contributed by atoms with E-state index in [1.54, 1.807) is 0 Å². The second-order valence-corrected chi connectivity index (χ2v) is 6.27. The van der Waals surface area contributed by atoms with Gasteiger partial charge in [-0.1, -0.05) is 54.6 Å². The van der Waals surface area contributed by atoms with Crippen molar-refractivity contribution in [3.05, 3.63) is 91.0 Å². The number of hydrogen-bond donors (Lipinski definition) is 0. The molecule has 0 spiro atoms. The molecule has 0 aromatic heterocycles. The maximum absolute atomic E-state index is 2.21. The molecule has 3 aromatic rings. The van der Waals surface area contributed by atoms with E-state index < -0.39 is 0 Å². The third kappa shape index (κ3) is 2.72. The average Bonchev–Trinajstić information content (AvgIpc) is 2.51. The normalized spacial score (nSPS) is 10.6. The van der Waals surface area contributed by atoms with Gasteiger partial charge < -0.3 is 0 Å². The molecule has 0 atom stereocenters. The second-order valence-electron chi connectivity index (χ2n) is 4.25. The highest BCUT2D eigenvalue weighted by Crippen LogP contribution is 2.50. The Morgan fingerprint density at radius 2 is 0.632 bits per heavy atom. The highest BCUT2D eigenvalue weighted by Gasteiger charge is 2.13. The first kappa shape index (κ1) is 12.1. The van der Waals surface area contributed by atoms with Crippen LogP contribution in [-0.2, 0) is 0 Å². The van der Waals surface area contributed by atoms with Gasteiger partial charge in [-0.2, -0.15) is 0 Å². The predicted molar refractivity (Wildman–Crippen MR) is 81.7 cm³/mol. The van der Waals surface area contributed by atoms with E-state index in [0.29, 0.717) is 0 Å². The SMILES string of the molecule is c1ccc([S](c2ccccc2)c2ccccc2)cc1. The first-order chi connectivity index (χ1) is 9.45. The molecule has 1 heteroatoms. The van der Waals surface area contributed by atoms with Crippen LogP contribution >= 0.6 is 10.9 Å². The van der Waals surface area contributed by atoms with Crippen molar-refractivity contribution in [1.29, 1.82) is 0 Å². The lowest BCUT2D eigenvalue weighted by atomic mass is 10.4. The summed E-state index contributed by atoms with van der Waals surface area (Å²) in [4.78, 5) is 4.08. The maximum Gasteiger partial charge on any atom is 0.00678 e. The van der Waals surface area contributed by atoms with Gasteiger partial charge in [0.15, 0.2) is 0 Å². The molecule has 0 saturated heterocycles. The van der Waals surface area contributed by atoms with Crippen LogP contribution in [0, 0.1) is 0 Å². The average molecular weight is 263 g/mol. The van der Waals surface area contributed by atoms with Crippen LogP contribution in [0.15, 0.2) is 106 Å². The van der Waals surface area contributed by atoms with Crippen molar-refractivity contribution in [3.63, 3.8) is 0 Å². The Balaban J connectivity index is 2.12. The molecule has 0 heterocycles. The molecule has 0 aliphatic carbocycles. The van der Waals surface area contributed by atoms with E-state index in [1.807, 2.05) is 0 Å². The molecule has 3 rings (SSSR count). The van der Waals surface area contributed by atoms with E-state index in [2.05, 4.69) is 91.0 Å². The highest BCUT2D eigenvalue weighted by molar-refractivity contribution is 8.17. The van der Waals surface area contributed by atoms with E-state index in [1.165, 1.54) is 14.7 Å². The Kier molecular flexibility index (Phi) is 3.66. The fourth-order valence-electron chi connectivity index (χ4n) is 2.08. The number of rotatable bonds is 3. The van der Waals surface area contributed by atoms with Crippen LogP contribution in [0.4, 0.5) is 0 Å². The van der Waals surface area contributed by atoms with Crippen molar-refractivity contribution in [3.8, 4) is 0 Å². The summed E-state index contributed by atoms with van der Waals surface area (Å²) >= 11 is 0. The van der Waals surface area contributed by atoms with E-state index in [-0.39, 0.29) is 10.9 Å². The van der Waals surface area contributed by atoms with Gasteiger partial charge in [0.25, 0.3) is 0 Å². The van der Waals surface area contributed by atoms with Crippen molar-refractivity contribution in [2.75, 3.05) is 0 Å². The Labute approximate surface area is 117 Å². The van der Waals surface area contributed by atoms with Gasteiger partial charge in [-0.15, -0.1) is 10.9 Å². The van der Waals surface area contributed by atoms with Crippen LogP contribution in [0.5, 0.6) is 0 Å². The molecule has 0 aliphatic heterocycles. The zero-order valence-corrected chi connectivity index (χ0v) is 11.4. The van der Waals surface area contributed by atoms with Gasteiger partial charge in [-0.05, 0) is 36.4 Å². The van der Waals surface area contributed by atoms with Crippen LogP contribution in [0.3, 0.4) is 0 Å². The van der Waals surface area contributed by atoms with Crippen molar-refractivity contribution in [2.45, 2.75) is 14.7 Å². The topological polar surface area (TPSA) is 0 Å². The fraction of sp³-hybridized carbons (Fsp3) is 0. The molecule has 0 unspecified atom stereocenters. The smallest absolute Gasteiger partial charge is 0.00678 e. The zero-order chi connectivity index (χ0) is 12.9. The van der Waals surface area contributed by atoms with Crippen molar-refractivity contribution < 1.29 is 0 Å². The van der Waals surface area contributed by atoms with Gasteiger partial charge in [0.2, 0.25) is 0 Å². The van der Waals surface area contributed by atoms with Crippen LogP contribution < -0.4 is 0 Å². The highest BCUT2D eigenvalue weighted by atomic mass is 32.2. The number of hydrogen-bond acceptors (Lipinski definition) is 0. The zero-order valence-electron chi connectivity index (χ0n) is 10.6. The Morgan fingerprint density at radius 3 is 0.895 bits per heavy atom. The molecule has 0 amide bonds. The predicted octanol–water partition coefficient (Wildman–Crippen LogP) is 5.43. The molecule has 93 valence electrons. The quantitative estimate of drug-likeness (QED) is 0.591. The first-order valence-corrected chi connectivity index (χ1v) is 7.57. The molecule has 3 aromatic carbocycles. The molecule has 0 N–H and O–H groups in total. The van der Waals surface area contributed by atoms with Crippen molar-refractivity contribution in [1.82, 2.24) is 0 Å². The molecule has 1 radical (unpaired) electrons. The fourth-order valence-corrected chi connectivity index (χ4v) is 4.18. The second kappa shape index (κ2) is 5.77. The van der Waals surface area contributed by atoms with E-state index in [0.717, 1.165) is 0 Å². The third-order valence-corrected chi connectivity index (χ3v) is 5.17. The Bertz CT molecular complexity index is 524. The Hall–Kier alpha value is -1.99. The van der Waals surface area contributed by atoms with Gasteiger partial charge in [-0.3, -0.25) is 0 Å². The summed E-state index contributed by atoms with van der Waals surface area (Å²) in [6, 6.07) is 32.2. The monoisotopic (exact) mass is 263 g/mol. The summed E-state index contributed by atoms with van der Waals surface area (Å²) in [6.07, 6.45) is 0. The molecule has 0 fully saturated rings. The van der Waals surface area contributed by atoms with Crippen LogP contribution in [0.25, 0.3) is 0 Å². The first-order valence-electron chi connectivity index (χ1n) is 6.34. The largest absolute Gasteiger partial charge is 0.116 e. The summed E-state index contributed by atoms with van der Waals surface area (Å²) in [5, 5.41) is 0. The van der Waals surface area contributed by atoms with Gasteiger partial charge in [0.1, 0.15) is 0 Å². The lowest BCUT2D eigenvalue weighted by Gasteiger charge is -2.20. The van der Waals surface area contributed by atoms with Crippen LogP contribution in [0.2, 0.25) is 0 Å². The molecule has 19 heavy (non-hydrogen) atoms. The summed E-state index contributed by atoms with van der Waals surface area (Å²) in [6.45, 7) is 0. The molecule has 0 saturated carbocycles. The molecule has 0 nitrogen and oxygen atoms in total. The van der Waals surface area contributed by atoms with Crippen LogP contribution in [0.1, 0.15) is 0 Å². The summed E-state index contributed by atoms with van der Waals surface area (Å²) in [5.41, 5.74) is 0. The van der Waals surface area contributed by atoms with Crippen LogP contribution in [-0.4, -0.2) is 0 Å². The summed E-state index contributed by atoms with van der Waals surface area (Å²) < 4.78 is 0. The minimum Gasteiger partial charge on any atom is -0.116 e. The lowest BCUT2D eigenvalue weighted by molar-refractivity contribution is 1.33. The Morgan fingerprint density at radius 1 is 0.368 bits per heavy atom. The van der Waals surface area contributed by atoms with Crippen molar-refractivity contribution >= 4 is 10.9 Å². The van der Waals surface area contributed by atoms with E-state index in [9.17, 15) is 0 Å². The number of benzene rings is 3. The summed E-state index contributed by atoms with van der Waals surface area (Å²) in [7, 11) is -0.0146. The third-order valence-electron chi connectivity index (χ3n) is 2.94. The van der Waals surface area contributed by atoms with Crippen molar-refractivity contribution in [2.24, 2.45) is 0 Å². The molecular formula is C18H15S.